The van der Waals surface area contributed by atoms with Gasteiger partial charge in [0.05, 0.1) is 11.2 Å². The molecule has 0 atom stereocenters. The molecule has 0 aliphatic heterocycles. The Bertz CT molecular complexity index is 770. The van der Waals surface area contributed by atoms with Gasteiger partial charge in [-0.2, -0.15) is 0 Å². The van der Waals surface area contributed by atoms with Gasteiger partial charge in [-0.15, -0.1) is 0 Å². The lowest BCUT2D eigenvalue weighted by Crippen LogP contribution is -2.15. The van der Waals surface area contributed by atoms with E-state index in [-0.39, 0.29) is 5.69 Å². The summed E-state index contributed by atoms with van der Waals surface area (Å²) in [6.07, 6.45) is 2.95. The molecule has 3 aromatic rings. The molecule has 0 bridgehead atoms. The minimum atomic E-state index is -0.613. The molecular formula is C14H10N4O. The Morgan fingerprint density at radius 1 is 1.00 bits per heavy atom. The van der Waals surface area contributed by atoms with Gasteiger partial charge in [0.2, 0.25) is 0 Å². The predicted molar refractivity (Wildman–Crippen MR) is 71.3 cm³/mol. The fourth-order valence-electron chi connectivity index (χ4n) is 1.90. The van der Waals surface area contributed by atoms with Gasteiger partial charge in [-0.1, -0.05) is 24.3 Å². The van der Waals surface area contributed by atoms with Crippen molar-refractivity contribution in [3.63, 3.8) is 0 Å². The van der Waals surface area contributed by atoms with E-state index < -0.39 is 5.91 Å². The molecule has 2 heterocycles. The van der Waals surface area contributed by atoms with Crippen molar-refractivity contribution in [3.05, 3.63) is 54.5 Å². The van der Waals surface area contributed by atoms with Crippen LogP contribution in [0, 0.1) is 0 Å². The molecule has 5 nitrogen and oxygen atoms in total. The van der Waals surface area contributed by atoms with Gasteiger partial charge in [-0.25, -0.2) is 9.97 Å². The lowest BCUT2D eigenvalue weighted by atomic mass is 10.1. The molecule has 0 fully saturated rings. The predicted octanol–water partition coefficient (Wildman–Crippen LogP) is 1.79. The molecule has 19 heavy (non-hydrogen) atoms. The molecule has 5 heteroatoms. The molecule has 1 aromatic carbocycles. The van der Waals surface area contributed by atoms with Crippen molar-refractivity contribution in [2.45, 2.75) is 0 Å². The number of carbonyl (C=O) groups excluding carboxylic acids is 1. The number of fused-ring (bicyclic) bond motifs is 1. The molecule has 0 aliphatic rings. The number of hydrogen-bond acceptors (Lipinski definition) is 4. The Hall–Kier alpha value is -2.82. The number of para-hydroxylation sites is 1. The van der Waals surface area contributed by atoms with Gasteiger partial charge in [-0.05, 0) is 12.1 Å². The maximum Gasteiger partial charge on any atom is 0.269 e. The Balaban J connectivity index is 2.22. The minimum absolute atomic E-state index is 0.130. The molecule has 0 unspecified atom stereocenters. The molecule has 92 valence electrons. The summed E-state index contributed by atoms with van der Waals surface area (Å²) in [5.74, 6) is -0.613. The Labute approximate surface area is 109 Å². The lowest BCUT2D eigenvalue weighted by molar-refractivity contribution is 0.0996. The number of amides is 1. The summed E-state index contributed by atoms with van der Waals surface area (Å²) in [5.41, 5.74) is 7.25. The summed E-state index contributed by atoms with van der Waals surface area (Å²) in [5, 5.41) is 1.02. The first-order chi connectivity index (χ1) is 9.25. The summed E-state index contributed by atoms with van der Waals surface area (Å²) >= 11 is 0. The van der Waals surface area contributed by atoms with Crippen LogP contribution in [-0.4, -0.2) is 20.9 Å². The third-order valence-corrected chi connectivity index (χ3v) is 2.77. The molecule has 0 saturated carbocycles. The summed E-state index contributed by atoms with van der Waals surface area (Å²) in [7, 11) is 0. The second-order valence-electron chi connectivity index (χ2n) is 4.01. The number of hydrogen-bond donors (Lipinski definition) is 1. The van der Waals surface area contributed by atoms with Crippen LogP contribution in [0.15, 0.2) is 48.8 Å². The average molecular weight is 250 g/mol. The van der Waals surface area contributed by atoms with E-state index in [0.717, 1.165) is 10.9 Å². The summed E-state index contributed by atoms with van der Waals surface area (Å²) in [4.78, 5) is 23.9. The van der Waals surface area contributed by atoms with Crippen LogP contribution in [-0.2, 0) is 0 Å². The molecule has 0 saturated heterocycles. The summed E-state index contributed by atoms with van der Waals surface area (Å²) in [6, 6.07) is 11.5. The highest BCUT2D eigenvalue weighted by Gasteiger charge is 2.13. The normalized spacial score (nSPS) is 10.5. The molecule has 1 amide bonds. The first-order valence-electron chi connectivity index (χ1n) is 5.72. The molecular weight excluding hydrogens is 240 g/mol. The van der Waals surface area contributed by atoms with E-state index in [4.69, 9.17) is 5.73 Å². The number of pyridine rings is 1. The van der Waals surface area contributed by atoms with Gasteiger partial charge in [-0.3, -0.25) is 9.78 Å². The largest absolute Gasteiger partial charge is 0.364 e. The van der Waals surface area contributed by atoms with Crippen molar-refractivity contribution >= 4 is 16.8 Å². The van der Waals surface area contributed by atoms with E-state index in [9.17, 15) is 4.79 Å². The van der Waals surface area contributed by atoms with Gasteiger partial charge in [0.25, 0.3) is 5.91 Å². The summed E-state index contributed by atoms with van der Waals surface area (Å²) < 4.78 is 0. The molecule has 3 rings (SSSR count). The highest BCUT2D eigenvalue weighted by molar-refractivity contribution is 5.96. The van der Waals surface area contributed by atoms with E-state index in [1.54, 1.807) is 6.07 Å². The number of rotatable bonds is 2. The molecule has 0 aliphatic carbocycles. The van der Waals surface area contributed by atoms with E-state index in [1.165, 1.54) is 12.4 Å². The second kappa shape index (κ2) is 4.45. The van der Waals surface area contributed by atoms with Gasteiger partial charge < -0.3 is 5.73 Å². The van der Waals surface area contributed by atoms with Crippen LogP contribution in [0.2, 0.25) is 0 Å². The maximum absolute atomic E-state index is 11.4. The first-order valence-corrected chi connectivity index (χ1v) is 5.72. The number of primary amides is 1. The highest BCUT2D eigenvalue weighted by Crippen LogP contribution is 2.20. The van der Waals surface area contributed by atoms with Crippen molar-refractivity contribution in [1.82, 2.24) is 15.0 Å². The van der Waals surface area contributed by atoms with Crippen molar-refractivity contribution in [2.24, 2.45) is 5.73 Å². The Kier molecular flexibility index (Phi) is 2.64. The fraction of sp³-hybridized carbons (Fsp3) is 0. The van der Waals surface area contributed by atoms with E-state index in [1.807, 2.05) is 30.3 Å². The lowest BCUT2D eigenvalue weighted by Gasteiger charge is -2.05. The van der Waals surface area contributed by atoms with E-state index in [0.29, 0.717) is 11.4 Å². The van der Waals surface area contributed by atoms with Crippen LogP contribution in [0.1, 0.15) is 10.5 Å². The van der Waals surface area contributed by atoms with E-state index in [2.05, 4.69) is 15.0 Å². The number of nitrogens with two attached hydrogens (primary N) is 1. The van der Waals surface area contributed by atoms with Crippen molar-refractivity contribution < 1.29 is 4.79 Å². The number of nitrogens with zero attached hydrogens (tertiary/aromatic N) is 3. The summed E-state index contributed by atoms with van der Waals surface area (Å²) in [6.45, 7) is 0. The van der Waals surface area contributed by atoms with Gasteiger partial charge in [0.15, 0.2) is 5.69 Å². The van der Waals surface area contributed by atoms with Crippen LogP contribution in [0.3, 0.4) is 0 Å². The molecule has 2 aromatic heterocycles. The topological polar surface area (TPSA) is 81.8 Å². The Morgan fingerprint density at radius 2 is 1.79 bits per heavy atom. The SMILES string of the molecule is NC(=O)c1nccnc1-c1ccc2ccccc2n1. The zero-order valence-corrected chi connectivity index (χ0v) is 9.95. The number of benzene rings is 1. The van der Waals surface area contributed by atoms with Crippen LogP contribution in [0.25, 0.3) is 22.3 Å². The third-order valence-electron chi connectivity index (χ3n) is 2.77. The van der Waals surface area contributed by atoms with Crippen molar-refractivity contribution in [3.8, 4) is 11.4 Å². The third kappa shape index (κ3) is 2.01. The molecule has 2 N–H and O–H groups in total. The quantitative estimate of drug-likeness (QED) is 0.751. The Morgan fingerprint density at radius 3 is 2.63 bits per heavy atom. The van der Waals surface area contributed by atoms with Gasteiger partial charge in [0, 0.05) is 17.8 Å². The highest BCUT2D eigenvalue weighted by atomic mass is 16.1. The standard InChI is InChI=1S/C14H10N4O/c15-14(19)13-12(16-7-8-17-13)11-6-5-9-3-1-2-4-10(9)18-11/h1-8H,(H2,15,19). The number of aromatic nitrogens is 3. The van der Waals surface area contributed by atoms with Gasteiger partial charge in [0.1, 0.15) is 5.69 Å². The van der Waals surface area contributed by atoms with Gasteiger partial charge >= 0.3 is 0 Å². The smallest absolute Gasteiger partial charge is 0.269 e. The molecule has 0 spiro atoms. The molecule has 0 radical (unpaired) electrons. The zero-order chi connectivity index (χ0) is 13.2. The van der Waals surface area contributed by atoms with Crippen LogP contribution in [0.4, 0.5) is 0 Å². The van der Waals surface area contributed by atoms with E-state index >= 15 is 0 Å². The van der Waals surface area contributed by atoms with Crippen molar-refractivity contribution in [2.75, 3.05) is 0 Å². The van der Waals surface area contributed by atoms with Crippen molar-refractivity contribution in [1.29, 1.82) is 0 Å². The van der Waals surface area contributed by atoms with Crippen LogP contribution in [0.5, 0.6) is 0 Å². The number of carbonyl (C=O) groups is 1. The maximum atomic E-state index is 11.4. The minimum Gasteiger partial charge on any atom is -0.364 e. The second-order valence-corrected chi connectivity index (χ2v) is 4.01. The van der Waals surface area contributed by atoms with Crippen LogP contribution < -0.4 is 5.73 Å². The first kappa shape index (κ1) is 11.3. The monoisotopic (exact) mass is 250 g/mol. The zero-order valence-electron chi connectivity index (χ0n) is 9.95. The fourth-order valence-corrected chi connectivity index (χ4v) is 1.90. The van der Waals surface area contributed by atoms with Crippen LogP contribution >= 0.6 is 0 Å². The average Bonchev–Trinajstić information content (AvgIpc) is 2.46.